The van der Waals surface area contributed by atoms with Crippen molar-refractivity contribution in [2.75, 3.05) is 26.8 Å². The molecule has 0 aliphatic carbocycles. The van der Waals surface area contributed by atoms with Gasteiger partial charge < -0.3 is 14.8 Å². The zero-order valence-corrected chi connectivity index (χ0v) is 9.68. The maximum atomic E-state index is 13.2. The van der Waals surface area contributed by atoms with Gasteiger partial charge in [-0.15, -0.1) is 0 Å². The van der Waals surface area contributed by atoms with Crippen LogP contribution in [0.15, 0.2) is 12.1 Å². The van der Waals surface area contributed by atoms with Gasteiger partial charge in [0.2, 0.25) is 0 Å². The van der Waals surface area contributed by atoms with Gasteiger partial charge >= 0.3 is 0 Å². The normalized spacial score (nSPS) is 20.8. The van der Waals surface area contributed by atoms with E-state index >= 15 is 0 Å². The lowest BCUT2D eigenvalue weighted by atomic mass is 10.1. The van der Waals surface area contributed by atoms with Crippen molar-refractivity contribution in [3.05, 3.63) is 28.5 Å². The first-order chi connectivity index (χ1) is 7.72. The van der Waals surface area contributed by atoms with Crippen molar-refractivity contribution < 1.29 is 13.9 Å². The van der Waals surface area contributed by atoms with E-state index in [2.05, 4.69) is 5.32 Å². The molecule has 1 fully saturated rings. The molecule has 1 aliphatic heterocycles. The summed E-state index contributed by atoms with van der Waals surface area (Å²) in [4.78, 5) is 0. The molecule has 88 valence electrons. The maximum absolute atomic E-state index is 13.2. The van der Waals surface area contributed by atoms with E-state index in [9.17, 15) is 4.39 Å². The summed E-state index contributed by atoms with van der Waals surface area (Å²) in [5.74, 6) is -0.0124. The predicted octanol–water partition coefficient (Wildman–Crippen LogP) is 2.15. The van der Waals surface area contributed by atoms with Crippen LogP contribution in [-0.2, 0) is 4.74 Å². The average Bonchev–Trinajstić information content (AvgIpc) is 2.33. The third-order valence-electron chi connectivity index (χ3n) is 2.55. The molecule has 0 aromatic heterocycles. The Hall–Kier alpha value is -0.840. The SMILES string of the molecule is COc1cc(F)c(Cl)cc1C1CNCCO1. The van der Waals surface area contributed by atoms with E-state index in [4.69, 9.17) is 21.1 Å². The molecule has 1 heterocycles. The summed E-state index contributed by atoms with van der Waals surface area (Å²) in [5, 5.41) is 3.29. The van der Waals surface area contributed by atoms with Gasteiger partial charge in [0, 0.05) is 24.7 Å². The van der Waals surface area contributed by atoms with Crippen LogP contribution >= 0.6 is 11.6 Å². The lowest BCUT2D eigenvalue weighted by Gasteiger charge is -2.25. The van der Waals surface area contributed by atoms with Crippen LogP contribution in [0.4, 0.5) is 4.39 Å². The first-order valence-electron chi connectivity index (χ1n) is 5.07. The summed E-state index contributed by atoms with van der Waals surface area (Å²) in [5.41, 5.74) is 0.779. The molecule has 3 nitrogen and oxygen atoms in total. The molecule has 16 heavy (non-hydrogen) atoms. The van der Waals surface area contributed by atoms with E-state index in [1.54, 1.807) is 6.07 Å². The summed E-state index contributed by atoms with van der Waals surface area (Å²) in [6.45, 7) is 2.13. The predicted molar refractivity (Wildman–Crippen MR) is 59.5 cm³/mol. The van der Waals surface area contributed by atoms with E-state index in [0.717, 1.165) is 12.1 Å². The largest absolute Gasteiger partial charge is 0.496 e. The van der Waals surface area contributed by atoms with Gasteiger partial charge in [-0.3, -0.25) is 0 Å². The Kier molecular flexibility index (Phi) is 3.63. The molecule has 0 bridgehead atoms. The van der Waals surface area contributed by atoms with Crippen LogP contribution in [0, 0.1) is 5.82 Å². The molecule has 1 aromatic rings. The summed E-state index contributed by atoms with van der Waals surface area (Å²) >= 11 is 5.76. The van der Waals surface area contributed by atoms with E-state index in [0.29, 0.717) is 18.9 Å². The molecule has 1 aliphatic rings. The highest BCUT2D eigenvalue weighted by atomic mass is 35.5. The summed E-state index contributed by atoms with van der Waals surface area (Å²) in [6.07, 6.45) is -0.137. The number of rotatable bonds is 2. The van der Waals surface area contributed by atoms with Crippen LogP contribution < -0.4 is 10.1 Å². The number of halogens is 2. The van der Waals surface area contributed by atoms with Gasteiger partial charge in [0.1, 0.15) is 11.6 Å². The van der Waals surface area contributed by atoms with Gasteiger partial charge in [0.15, 0.2) is 0 Å². The number of morpholine rings is 1. The van der Waals surface area contributed by atoms with E-state index in [-0.39, 0.29) is 11.1 Å². The van der Waals surface area contributed by atoms with Crippen LogP contribution in [0.25, 0.3) is 0 Å². The lowest BCUT2D eigenvalue weighted by Crippen LogP contribution is -2.33. The van der Waals surface area contributed by atoms with E-state index in [1.165, 1.54) is 13.2 Å². The van der Waals surface area contributed by atoms with Crippen LogP contribution in [-0.4, -0.2) is 26.8 Å². The quantitative estimate of drug-likeness (QED) is 0.866. The Morgan fingerprint density at radius 3 is 3.00 bits per heavy atom. The fraction of sp³-hybridized carbons (Fsp3) is 0.455. The summed E-state index contributed by atoms with van der Waals surface area (Å²) in [7, 11) is 1.50. The Morgan fingerprint density at radius 1 is 1.56 bits per heavy atom. The highest BCUT2D eigenvalue weighted by Crippen LogP contribution is 2.32. The number of nitrogens with one attached hydrogen (secondary N) is 1. The second kappa shape index (κ2) is 4.99. The molecular weight excluding hydrogens is 233 g/mol. The van der Waals surface area contributed by atoms with Crippen molar-refractivity contribution in [1.29, 1.82) is 0 Å². The highest BCUT2D eigenvalue weighted by molar-refractivity contribution is 6.30. The fourth-order valence-corrected chi connectivity index (χ4v) is 1.91. The topological polar surface area (TPSA) is 30.5 Å². The Bertz CT molecular complexity index is 380. The second-order valence-electron chi connectivity index (χ2n) is 3.57. The van der Waals surface area contributed by atoms with Crippen LogP contribution in [0.3, 0.4) is 0 Å². The third kappa shape index (κ3) is 2.29. The van der Waals surface area contributed by atoms with Gasteiger partial charge in [0.25, 0.3) is 0 Å². The number of methoxy groups -OCH3 is 1. The smallest absolute Gasteiger partial charge is 0.145 e. The van der Waals surface area contributed by atoms with Crippen molar-refractivity contribution >= 4 is 11.6 Å². The molecule has 1 unspecified atom stereocenters. The molecule has 0 saturated carbocycles. The van der Waals surface area contributed by atoms with Crippen molar-refractivity contribution in [2.45, 2.75) is 6.10 Å². The monoisotopic (exact) mass is 245 g/mol. The average molecular weight is 246 g/mol. The zero-order valence-electron chi connectivity index (χ0n) is 8.93. The molecule has 1 N–H and O–H groups in total. The van der Waals surface area contributed by atoms with Gasteiger partial charge in [-0.1, -0.05) is 11.6 Å². The molecule has 1 aromatic carbocycles. The van der Waals surface area contributed by atoms with Crippen LogP contribution in [0.5, 0.6) is 5.75 Å². The number of ether oxygens (including phenoxy) is 2. The van der Waals surface area contributed by atoms with Crippen molar-refractivity contribution in [2.24, 2.45) is 0 Å². The molecule has 5 heteroatoms. The first kappa shape index (κ1) is 11.6. The van der Waals surface area contributed by atoms with E-state index in [1.807, 2.05) is 0 Å². The molecular formula is C11H13ClFNO2. The number of hydrogen-bond donors (Lipinski definition) is 1. The second-order valence-corrected chi connectivity index (χ2v) is 3.98. The molecule has 0 radical (unpaired) electrons. The molecule has 1 atom stereocenters. The Morgan fingerprint density at radius 2 is 2.38 bits per heavy atom. The van der Waals surface area contributed by atoms with E-state index < -0.39 is 5.82 Å². The third-order valence-corrected chi connectivity index (χ3v) is 2.84. The van der Waals surface area contributed by atoms with Crippen LogP contribution in [0.1, 0.15) is 11.7 Å². The summed E-state index contributed by atoms with van der Waals surface area (Å²) in [6, 6.07) is 2.85. The minimum atomic E-state index is -0.481. The molecule has 2 rings (SSSR count). The van der Waals surface area contributed by atoms with Gasteiger partial charge in [-0.25, -0.2) is 4.39 Å². The zero-order chi connectivity index (χ0) is 11.5. The van der Waals surface area contributed by atoms with Crippen molar-refractivity contribution in [1.82, 2.24) is 5.32 Å². The Labute approximate surface area is 98.5 Å². The van der Waals surface area contributed by atoms with Gasteiger partial charge in [-0.2, -0.15) is 0 Å². The fourth-order valence-electron chi connectivity index (χ4n) is 1.74. The van der Waals surface area contributed by atoms with Gasteiger partial charge in [-0.05, 0) is 6.07 Å². The Balaban J connectivity index is 2.33. The minimum Gasteiger partial charge on any atom is -0.496 e. The van der Waals surface area contributed by atoms with Gasteiger partial charge in [0.05, 0.1) is 24.8 Å². The molecule has 0 amide bonds. The van der Waals surface area contributed by atoms with Crippen LogP contribution in [0.2, 0.25) is 5.02 Å². The number of hydrogen-bond acceptors (Lipinski definition) is 3. The lowest BCUT2D eigenvalue weighted by molar-refractivity contribution is 0.0262. The summed E-state index contributed by atoms with van der Waals surface area (Å²) < 4.78 is 24.0. The minimum absolute atomic E-state index is 0.0879. The first-order valence-corrected chi connectivity index (χ1v) is 5.45. The number of benzene rings is 1. The van der Waals surface area contributed by atoms with Crippen molar-refractivity contribution in [3.8, 4) is 5.75 Å². The standard InChI is InChI=1S/C11H13ClFNO2/c1-15-10-5-9(13)8(12)4-7(10)11-6-14-2-3-16-11/h4-5,11,14H,2-3,6H2,1H3. The maximum Gasteiger partial charge on any atom is 0.145 e. The van der Waals surface area contributed by atoms with Crippen molar-refractivity contribution in [3.63, 3.8) is 0 Å². The molecule has 1 saturated heterocycles. The highest BCUT2D eigenvalue weighted by Gasteiger charge is 2.21. The molecule has 0 spiro atoms.